The number of hydrogen-bond donors (Lipinski definition) is 1. The van der Waals surface area contributed by atoms with Crippen LogP contribution < -0.4 is 16.0 Å². The van der Waals surface area contributed by atoms with Gasteiger partial charge in [-0.1, -0.05) is 26.1 Å². The van der Waals surface area contributed by atoms with Crippen LogP contribution in [0.25, 0.3) is 0 Å². The molecule has 5 nitrogen and oxygen atoms in total. The lowest BCUT2D eigenvalue weighted by molar-refractivity contribution is 0.358. The first-order valence-corrected chi connectivity index (χ1v) is 5.70. The number of nitrogens with two attached hydrogens (primary N) is 1. The van der Waals surface area contributed by atoms with Crippen LogP contribution in [-0.4, -0.2) is 21.9 Å². The standard InChI is InChI=1S/C11H17N3O2S/c1-11(2,10(12)17)6-7-14-9(15)5-4-8(13-14)16-3/h4-5H,6-7H2,1-3H3,(H2,12,17). The van der Waals surface area contributed by atoms with E-state index >= 15 is 0 Å². The number of thiocarbonyl (C=S) groups is 1. The molecule has 6 heteroatoms. The van der Waals surface area contributed by atoms with Crippen LogP contribution in [0.15, 0.2) is 16.9 Å². The topological polar surface area (TPSA) is 70.1 Å². The Kier molecular flexibility index (Phi) is 4.22. The molecule has 1 heterocycles. The van der Waals surface area contributed by atoms with Crippen LogP contribution in [0.2, 0.25) is 0 Å². The van der Waals surface area contributed by atoms with Gasteiger partial charge in [0.15, 0.2) is 0 Å². The molecule has 0 amide bonds. The van der Waals surface area contributed by atoms with Gasteiger partial charge in [0, 0.05) is 24.1 Å². The summed E-state index contributed by atoms with van der Waals surface area (Å²) in [6, 6.07) is 2.97. The second kappa shape index (κ2) is 5.27. The summed E-state index contributed by atoms with van der Waals surface area (Å²) in [4.78, 5) is 12.0. The van der Waals surface area contributed by atoms with Crippen molar-refractivity contribution in [1.29, 1.82) is 0 Å². The largest absolute Gasteiger partial charge is 0.480 e. The lowest BCUT2D eigenvalue weighted by Crippen LogP contribution is -2.33. The van der Waals surface area contributed by atoms with E-state index in [9.17, 15) is 4.79 Å². The fraction of sp³-hybridized carbons (Fsp3) is 0.545. The Labute approximate surface area is 106 Å². The van der Waals surface area contributed by atoms with Crippen LogP contribution >= 0.6 is 12.2 Å². The van der Waals surface area contributed by atoms with Gasteiger partial charge in [-0.3, -0.25) is 4.79 Å². The predicted molar refractivity (Wildman–Crippen MR) is 70.2 cm³/mol. The van der Waals surface area contributed by atoms with Crippen LogP contribution in [-0.2, 0) is 6.54 Å². The van der Waals surface area contributed by atoms with Gasteiger partial charge in [-0.15, -0.1) is 5.10 Å². The number of nitrogens with zero attached hydrogens (tertiary/aromatic N) is 2. The zero-order valence-electron chi connectivity index (χ0n) is 10.3. The Morgan fingerprint density at radius 1 is 1.59 bits per heavy atom. The highest BCUT2D eigenvalue weighted by molar-refractivity contribution is 7.80. The first-order valence-electron chi connectivity index (χ1n) is 5.29. The molecule has 0 unspecified atom stereocenters. The maximum atomic E-state index is 11.6. The van der Waals surface area contributed by atoms with Gasteiger partial charge in [-0.2, -0.15) is 0 Å². The van der Waals surface area contributed by atoms with E-state index in [0.29, 0.717) is 23.8 Å². The van der Waals surface area contributed by atoms with E-state index in [1.54, 1.807) is 0 Å². The minimum atomic E-state index is -0.292. The zero-order chi connectivity index (χ0) is 13.1. The highest BCUT2D eigenvalue weighted by atomic mass is 32.1. The molecule has 0 aliphatic carbocycles. The van der Waals surface area contributed by atoms with E-state index in [2.05, 4.69) is 5.10 Å². The van der Waals surface area contributed by atoms with Crippen molar-refractivity contribution in [2.45, 2.75) is 26.8 Å². The van der Waals surface area contributed by atoms with Crippen molar-refractivity contribution in [2.75, 3.05) is 7.11 Å². The molecule has 0 saturated carbocycles. The third kappa shape index (κ3) is 3.52. The second-order valence-corrected chi connectivity index (χ2v) is 4.88. The third-order valence-electron chi connectivity index (χ3n) is 2.67. The SMILES string of the molecule is COc1ccc(=O)n(CCC(C)(C)C(N)=S)n1. The summed E-state index contributed by atoms with van der Waals surface area (Å²) in [6.45, 7) is 4.35. The highest BCUT2D eigenvalue weighted by Gasteiger charge is 2.21. The monoisotopic (exact) mass is 255 g/mol. The number of hydrogen-bond acceptors (Lipinski definition) is 4. The molecule has 0 radical (unpaired) electrons. The Hall–Kier alpha value is -1.43. The molecule has 0 spiro atoms. The van der Waals surface area contributed by atoms with Gasteiger partial charge in [0.1, 0.15) is 0 Å². The molecule has 1 aromatic rings. The molecular weight excluding hydrogens is 238 g/mol. The molecule has 0 fully saturated rings. The van der Waals surface area contributed by atoms with Crippen LogP contribution in [0.4, 0.5) is 0 Å². The number of aryl methyl sites for hydroxylation is 1. The summed E-state index contributed by atoms with van der Waals surface area (Å²) in [5.74, 6) is 0.415. The molecule has 1 rings (SSSR count). The van der Waals surface area contributed by atoms with Gasteiger partial charge in [-0.25, -0.2) is 4.68 Å². The van der Waals surface area contributed by atoms with Crippen molar-refractivity contribution in [1.82, 2.24) is 9.78 Å². The van der Waals surface area contributed by atoms with Crippen LogP contribution in [0.1, 0.15) is 20.3 Å². The van der Waals surface area contributed by atoms with Gasteiger partial charge < -0.3 is 10.5 Å². The van der Waals surface area contributed by atoms with E-state index in [-0.39, 0.29) is 11.0 Å². The lowest BCUT2D eigenvalue weighted by Gasteiger charge is -2.22. The summed E-state index contributed by atoms with van der Waals surface area (Å²) in [6.07, 6.45) is 0.655. The molecular formula is C11H17N3O2S. The van der Waals surface area contributed by atoms with Crippen LogP contribution in [0.3, 0.4) is 0 Å². The average Bonchev–Trinajstić information content (AvgIpc) is 2.28. The lowest BCUT2D eigenvalue weighted by atomic mass is 9.89. The van der Waals surface area contributed by atoms with Crippen LogP contribution in [0.5, 0.6) is 5.88 Å². The number of ether oxygens (including phenoxy) is 1. The molecule has 0 atom stereocenters. The minimum Gasteiger partial charge on any atom is -0.480 e. The average molecular weight is 255 g/mol. The fourth-order valence-corrected chi connectivity index (χ4v) is 1.31. The maximum Gasteiger partial charge on any atom is 0.266 e. The van der Waals surface area contributed by atoms with E-state index in [1.165, 1.54) is 23.9 Å². The smallest absolute Gasteiger partial charge is 0.266 e. The van der Waals surface area contributed by atoms with E-state index in [4.69, 9.17) is 22.7 Å². The minimum absolute atomic E-state index is 0.162. The molecule has 94 valence electrons. The summed E-state index contributed by atoms with van der Waals surface area (Å²) in [5.41, 5.74) is 5.17. The quantitative estimate of drug-likeness (QED) is 0.793. The molecule has 1 aromatic heterocycles. The van der Waals surface area contributed by atoms with Crippen molar-refractivity contribution in [3.8, 4) is 5.88 Å². The van der Waals surface area contributed by atoms with Gasteiger partial charge in [0.2, 0.25) is 5.88 Å². The van der Waals surface area contributed by atoms with Gasteiger partial charge in [0.25, 0.3) is 5.56 Å². The number of rotatable bonds is 5. The van der Waals surface area contributed by atoms with Gasteiger partial charge >= 0.3 is 0 Å². The van der Waals surface area contributed by atoms with Crippen molar-refractivity contribution >= 4 is 17.2 Å². The van der Waals surface area contributed by atoms with E-state index in [0.717, 1.165) is 0 Å². The summed E-state index contributed by atoms with van der Waals surface area (Å²) in [5, 5.41) is 4.05. The van der Waals surface area contributed by atoms with Crippen molar-refractivity contribution in [3.05, 3.63) is 22.5 Å². The molecule has 2 N–H and O–H groups in total. The maximum absolute atomic E-state index is 11.6. The Morgan fingerprint density at radius 2 is 2.24 bits per heavy atom. The Morgan fingerprint density at radius 3 is 2.76 bits per heavy atom. The third-order valence-corrected chi connectivity index (χ3v) is 3.22. The highest BCUT2D eigenvalue weighted by Crippen LogP contribution is 2.20. The summed E-state index contributed by atoms with van der Waals surface area (Å²) < 4.78 is 6.33. The second-order valence-electron chi connectivity index (χ2n) is 4.44. The zero-order valence-corrected chi connectivity index (χ0v) is 11.1. The summed E-state index contributed by atoms with van der Waals surface area (Å²) in [7, 11) is 1.51. The normalized spacial score (nSPS) is 11.2. The Bertz CT molecular complexity index is 468. The molecule has 17 heavy (non-hydrogen) atoms. The Balaban J connectivity index is 2.82. The predicted octanol–water partition coefficient (Wildman–Crippen LogP) is 0.954. The van der Waals surface area contributed by atoms with Crippen molar-refractivity contribution in [3.63, 3.8) is 0 Å². The molecule has 0 aliphatic heterocycles. The fourth-order valence-electron chi connectivity index (χ4n) is 1.21. The first-order chi connectivity index (χ1) is 7.86. The molecule has 0 saturated heterocycles. The van der Waals surface area contributed by atoms with E-state index in [1.807, 2.05) is 13.8 Å². The number of aromatic nitrogens is 2. The van der Waals surface area contributed by atoms with Crippen molar-refractivity contribution < 1.29 is 4.74 Å². The first kappa shape index (κ1) is 13.6. The van der Waals surface area contributed by atoms with Crippen LogP contribution in [0, 0.1) is 5.41 Å². The van der Waals surface area contributed by atoms with Crippen molar-refractivity contribution in [2.24, 2.45) is 11.1 Å². The summed E-state index contributed by atoms with van der Waals surface area (Å²) >= 11 is 4.97. The molecule has 0 bridgehead atoms. The molecule has 0 aromatic carbocycles. The molecule has 0 aliphatic rings. The van der Waals surface area contributed by atoms with Gasteiger partial charge in [0.05, 0.1) is 12.1 Å². The van der Waals surface area contributed by atoms with E-state index < -0.39 is 0 Å². The van der Waals surface area contributed by atoms with Gasteiger partial charge in [-0.05, 0) is 6.42 Å². The number of methoxy groups -OCH3 is 1.